The summed E-state index contributed by atoms with van der Waals surface area (Å²) in [6, 6.07) is 4.75. The first-order valence-electron chi connectivity index (χ1n) is 7.57. The fourth-order valence-corrected chi connectivity index (χ4v) is 3.01. The fourth-order valence-electron chi connectivity index (χ4n) is 1.99. The molecule has 1 rings (SSSR count). The molecule has 1 aromatic heterocycles. The number of hydrogen-bond acceptors (Lipinski definition) is 3. The van der Waals surface area contributed by atoms with Gasteiger partial charge in [0.1, 0.15) is 0 Å². The highest BCUT2D eigenvalue weighted by Gasteiger charge is 2.09. The van der Waals surface area contributed by atoms with Gasteiger partial charge in [-0.25, -0.2) is 0 Å². The number of nitrogens with zero attached hydrogens (tertiary/aromatic N) is 1. The fraction of sp³-hybridized carbons (Fsp3) is 0.688. The van der Waals surface area contributed by atoms with Crippen molar-refractivity contribution in [1.29, 1.82) is 0 Å². The SMILES string of the molecule is CN=C(NCCNC(C)(C)C)NC(C)Cc1ccc(C)s1. The molecule has 120 valence electrons. The number of hydrogen-bond donors (Lipinski definition) is 3. The van der Waals surface area contributed by atoms with Crippen molar-refractivity contribution in [2.45, 2.75) is 52.6 Å². The van der Waals surface area contributed by atoms with Crippen molar-refractivity contribution in [2.75, 3.05) is 20.1 Å². The zero-order chi connectivity index (χ0) is 15.9. The summed E-state index contributed by atoms with van der Waals surface area (Å²) in [5, 5.41) is 10.2. The summed E-state index contributed by atoms with van der Waals surface area (Å²) in [6.07, 6.45) is 1.03. The second kappa shape index (κ2) is 8.39. The molecule has 0 amide bonds. The monoisotopic (exact) mass is 310 g/mol. The number of rotatable bonds is 6. The average molecular weight is 311 g/mol. The molecule has 0 spiro atoms. The minimum absolute atomic E-state index is 0.156. The Kier molecular flexibility index (Phi) is 7.18. The van der Waals surface area contributed by atoms with E-state index in [9.17, 15) is 0 Å². The van der Waals surface area contributed by atoms with Crippen molar-refractivity contribution in [1.82, 2.24) is 16.0 Å². The first-order chi connectivity index (χ1) is 9.80. The Bertz CT molecular complexity index is 445. The molecule has 0 bridgehead atoms. The van der Waals surface area contributed by atoms with Crippen LogP contribution in [-0.2, 0) is 6.42 Å². The summed E-state index contributed by atoms with van der Waals surface area (Å²) >= 11 is 1.86. The Morgan fingerprint density at radius 1 is 1.29 bits per heavy atom. The second-order valence-corrected chi connectivity index (χ2v) is 7.81. The van der Waals surface area contributed by atoms with Gasteiger partial charge in [0, 0.05) is 47.9 Å². The molecule has 4 nitrogen and oxygen atoms in total. The molecule has 0 aromatic carbocycles. The Morgan fingerprint density at radius 3 is 2.52 bits per heavy atom. The summed E-state index contributed by atoms with van der Waals surface area (Å²) < 4.78 is 0. The van der Waals surface area contributed by atoms with Crippen LogP contribution in [0.5, 0.6) is 0 Å². The second-order valence-electron chi connectivity index (χ2n) is 6.44. The Labute approximate surface area is 133 Å². The van der Waals surface area contributed by atoms with E-state index in [2.05, 4.69) is 67.7 Å². The topological polar surface area (TPSA) is 48.5 Å². The van der Waals surface area contributed by atoms with Gasteiger partial charge in [-0.3, -0.25) is 4.99 Å². The number of aliphatic imine (C=N–C) groups is 1. The molecule has 0 radical (unpaired) electrons. The zero-order valence-corrected chi connectivity index (χ0v) is 15.0. The third-order valence-corrected chi connectivity index (χ3v) is 4.01. The minimum Gasteiger partial charge on any atom is -0.355 e. The van der Waals surface area contributed by atoms with Crippen molar-refractivity contribution in [3.05, 3.63) is 21.9 Å². The van der Waals surface area contributed by atoms with Crippen molar-refractivity contribution in [2.24, 2.45) is 4.99 Å². The third kappa shape index (κ3) is 8.07. The van der Waals surface area contributed by atoms with Gasteiger partial charge in [-0.05, 0) is 46.8 Å². The largest absolute Gasteiger partial charge is 0.355 e. The van der Waals surface area contributed by atoms with E-state index in [4.69, 9.17) is 0 Å². The van der Waals surface area contributed by atoms with Crippen molar-refractivity contribution in [3.8, 4) is 0 Å². The number of aryl methyl sites for hydroxylation is 1. The van der Waals surface area contributed by atoms with Gasteiger partial charge in [0.2, 0.25) is 0 Å². The van der Waals surface area contributed by atoms with Gasteiger partial charge >= 0.3 is 0 Å². The predicted octanol–water partition coefficient (Wildman–Crippen LogP) is 2.54. The first kappa shape index (κ1) is 18.0. The van der Waals surface area contributed by atoms with Crippen LogP contribution in [0.4, 0.5) is 0 Å². The highest BCUT2D eigenvalue weighted by molar-refractivity contribution is 7.11. The van der Waals surface area contributed by atoms with Crippen molar-refractivity contribution < 1.29 is 0 Å². The quantitative estimate of drug-likeness (QED) is 0.430. The molecule has 1 atom stereocenters. The van der Waals surface area contributed by atoms with E-state index in [-0.39, 0.29) is 5.54 Å². The molecule has 5 heteroatoms. The van der Waals surface area contributed by atoms with Gasteiger partial charge in [0.15, 0.2) is 5.96 Å². The van der Waals surface area contributed by atoms with E-state index in [0.717, 1.165) is 25.5 Å². The van der Waals surface area contributed by atoms with Crippen LogP contribution in [-0.4, -0.2) is 37.7 Å². The standard InChI is InChI=1S/C16H30N4S/c1-12(11-14-8-7-13(2)21-14)20-15(17-6)18-9-10-19-16(3,4)5/h7-8,12,19H,9-11H2,1-6H3,(H2,17,18,20). The molecule has 1 unspecified atom stereocenters. The molecule has 0 aliphatic heterocycles. The minimum atomic E-state index is 0.156. The lowest BCUT2D eigenvalue weighted by Crippen LogP contribution is -2.47. The zero-order valence-electron chi connectivity index (χ0n) is 14.2. The maximum absolute atomic E-state index is 4.28. The molecule has 0 aliphatic carbocycles. The van der Waals surface area contributed by atoms with Crippen LogP contribution in [0.2, 0.25) is 0 Å². The van der Waals surface area contributed by atoms with E-state index in [1.165, 1.54) is 9.75 Å². The van der Waals surface area contributed by atoms with Gasteiger partial charge in [-0.1, -0.05) is 0 Å². The van der Waals surface area contributed by atoms with E-state index in [0.29, 0.717) is 6.04 Å². The number of nitrogens with one attached hydrogen (secondary N) is 3. The smallest absolute Gasteiger partial charge is 0.191 e. The van der Waals surface area contributed by atoms with Gasteiger partial charge in [-0.2, -0.15) is 0 Å². The molecule has 1 heterocycles. The van der Waals surface area contributed by atoms with Gasteiger partial charge in [0.05, 0.1) is 0 Å². The highest BCUT2D eigenvalue weighted by atomic mass is 32.1. The van der Waals surface area contributed by atoms with E-state index >= 15 is 0 Å². The first-order valence-corrected chi connectivity index (χ1v) is 8.39. The Balaban J connectivity index is 2.30. The summed E-state index contributed by atoms with van der Waals surface area (Å²) in [5.74, 6) is 0.867. The summed E-state index contributed by atoms with van der Waals surface area (Å²) in [5.41, 5.74) is 0.156. The van der Waals surface area contributed by atoms with Crippen LogP contribution in [0.15, 0.2) is 17.1 Å². The van der Waals surface area contributed by atoms with Gasteiger partial charge in [-0.15, -0.1) is 11.3 Å². The molecule has 0 saturated carbocycles. The summed E-state index contributed by atoms with van der Waals surface area (Å²) in [6.45, 7) is 12.6. The lowest BCUT2D eigenvalue weighted by atomic mass is 10.1. The Morgan fingerprint density at radius 2 is 2.00 bits per heavy atom. The molecule has 21 heavy (non-hydrogen) atoms. The van der Waals surface area contributed by atoms with Crippen LogP contribution >= 0.6 is 11.3 Å². The van der Waals surface area contributed by atoms with Gasteiger partial charge in [0.25, 0.3) is 0 Å². The molecular formula is C16H30N4S. The third-order valence-electron chi connectivity index (χ3n) is 2.98. The van der Waals surface area contributed by atoms with Crippen molar-refractivity contribution >= 4 is 17.3 Å². The van der Waals surface area contributed by atoms with Crippen LogP contribution < -0.4 is 16.0 Å². The van der Waals surface area contributed by atoms with Crippen LogP contribution in [0.25, 0.3) is 0 Å². The van der Waals surface area contributed by atoms with Gasteiger partial charge < -0.3 is 16.0 Å². The average Bonchev–Trinajstić information content (AvgIpc) is 2.77. The van der Waals surface area contributed by atoms with E-state index in [1.807, 2.05) is 18.4 Å². The lowest BCUT2D eigenvalue weighted by Gasteiger charge is -2.22. The van der Waals surface area contributed by atoms with Crippen LogP contribution in [0, 0.1) is 6.92 Å². The van der Waals surface area contributed by atoms with Crippen molar-refractivity contribution in [3.63, 3.8) is 0 Å². The lowest BCUT2D eigenvalue weighted by molar-refractivity contribution is 0.428. The molecule has 0 fully saturated rings. The summed E-state index contributed by atoms with van der Waals surface area (Å²) in [4.78, 5) is 7.06. The molecule has 0 aliphatic rings. The maximum atomic E-state index is 4.28. The molecule has 1 aromatic rings. The Hall–Kier alpha value is -1.07. The normalized spacial score (nSPS) is 14.1. The van der Waals surface area contributed by atoms with Crippen LogP contribution in [0.1, 0.15) is 37.4 Å². The highest BCUT2D eigenvalue weighted by Crippen LogP contribution is 2.16. The van der Waals surface area contributed by atoms with E-state index in [1.54, 1.807) is 0 Å². The summed E-state index contributed by atoms with van der Waals surface area (Å²) in [7, 11) is 1.81. The molecule has 3 N–H and O–H groups in total. The maximum Gasteiger partial charge on any atom is 0.191 e. The molecular weight excluding hydrogens is 280 g/mol. The predicted molar refractivity (Wildman–Crippen MR) is 94.5 cm³/mol. The number of guanidine groups is 1. The molecule has 0 saturated heterocycles. The van der Waals surface area contributed by atoms with E-state index < -0.39 is 0 Å². The number of thiophene rings is 1. The van der Waals surface area contributed by atoms with Crippen LogP contribution in [0.3, 0.4) is 0 Å².